The van der Waals surface area contributed by atoms with E-state index in [1.54, 1.807) is 18.2 Å². The third kappa shape index (κ3) is 4.69. The minimum absolute atomic E-state index is 0.150. The number of rotatable bonds is 7. The molecule has 19 heavy (non-hydrogen) atoms. The van der Waals surface area contributed by atoms with Gasteiger partial charge in [-0.2, -0.15) is 0 Å². The first-order valence-corrected chi connectivity index (χ1v) is 5.89. The van der Waals surface area contributed by atoms with E-state index in [9.17, 15) is 9.59 Å². The molecule has 0 saturated heterocycles. The molecule has 0 aliphatic heterocycles. The Morgan fingerprint density at radius 1 is 1.42 bits per heavy atom. The number of nitrogens with two attached hydrogens (primary N) is 1. The minimum Gasteiger partial charge on any atom is -0.478 e. The lowest BCUT2D eigenvalue weighted by Gasteiger charge is -2.11. The van der Waals surface area contributed by atoms with Gasteiger partial charge in [-0.3, -0.25) is 4.79 Å². The molecule has 1 atom stereocenters. The lowest BCUT2D eigenvalue weighted by Crippen LogP contribution is -2.44. The number of ether oxygens (including phenoxy) is 1. The van der Waals surface area contributed by atoms with Crippen LogP contribution < -0.4 is 11.1 Å². The van der Waals surface area contributed by atoms with E-state index in [0.717, 1.165) is 0 Å². The summed E-state index contributed by atoms with van der Waals surface area (Å²) in [5.74, 6) is -1.28. The number of benzene rings is 1. The van der Waals surface area contributed by atoms with E-state index in [2.05, 4.69) is 5.32 Å². The van der Waals surface area contributed by atoms with Crippen LogP contribution in [0.1, 0.15) is 15.9 Å². The predicted molar refractivity (Wildman–Crippen MR) is 70.0 cm³/mol. The Bertz CT molecular complexity index is 448. The monoisotopic (exact) mass is 266 g/mol. The molecule has 0 spiro atoms. The third-order valence-electron chi connectivity index (χ3n) is 2.62. The van der Waals surface area contributed by atoms with Crippen LogP contribution in [-0.2, 0) is 16.0 Å². The van der Waals surface area contributed by atoms with Gasteiger partial charge in [0.25, 0.3) is 0 Å². The summed E-state index contributed by atoms with van der Waals surface area (Å²) in [5, 5.41) is 11.7. The van der Waals surface area contributed by atoms with Crippen molar-refractivity contribution in [1.82, 2.24) is 5.32 Å². The summed E-state index contributed by atoms with van der Waals surface area (Å²) in [5.41, 5.74) is 6.48. The number of amides is 1. The van der Waals surface area contributed by atoms with Crippen molar-refractivity contribution in [3.63, 3.8) is 0 Å². The smallest absolute Gasteiger partial charge is 0.335 e. The van der Waals surface area contributed by atoms with Gasteiger partial charge in [0.1, 0.15) is 6.04 Å². The summed E-state index contributed by atoms with van der Waals surface area (Å²) in [6, 6.07) is 5.99. The fourth-order valence-corrected chi connectivity index (χ4v) is 1.65. The largest absolute Gasteiger partial charge is 0.478 e. The van der Waals surface area contributed by atoms with Crippen molar-refractivity contribution in [2.75, 3.05) is 20.3 Å². The maximum atomic E-state index is 11.5. The molecule has 6 heteroatoms. The van der Waals surface area contributed by atoms with Crippen molar-refractivity contribution < 1.29 is 19.4 Å². The van der Waals surface area contributed by atoms with E-state index in [1.165, 1.54) is 13.2 Å². The normalized spacial score (nSPS) is 11.9. The average molecular weight is 266 g/mol. The zero-order valence-electron chi connectivity index (χ0n) is 10.8. The second-order valence-electron chi connectivity index (χ2n) is 4.07. The molecule has 0 aliphatic carbocycles. The second-order valence-corrected chi connectivity index (χ2v) is 4.07. The van der Waals surface area contributed by atoms with E-state index in [1.807, 2.05) is 0 Å². The average Bonchev–Trinajstić information content (AvgIpc) is 2.39. The first-order chi connectivity index (χ1) is 9.06. The van der Waals surface area contributed by atoms with Crippen LogP contribution in [0, 0.1) is 0 Å². The third-order valence-corrected chi connectivity index (χ3v) is 2.62. The zero-order valence-corrected chi connectivity index (χ0v) is 10.8. The number of carbonyl (C=O) groups excluding carboxylic acids is 1. The van der Waals surface area contributed by atoms with Crippen LogP contribution in [0.3, 0.4) is 0 Å². The summed E-state index contributed by atoms with van der Waals surface area (Å²) in [6.07, 6.45) is 0.438. The van der Waals surface area contributed by atoms with Crippen LogP contribution in [-0.4, -0.2) is 43.3 Å². The van der Waals surface area contributed by atoms with Gasteiger partial charge in [-0.05, 0) is 18.1 Å². The molecule has 0 heterocycles. The molecule has 1 aromatic carbocycles. The highest BCUT2D eigenvalue weighted by molar-refractivity contribution is 5.89. The lowest BCUT2D eigenvalue weighted by molar-refractivity contribution is -0.123. The molecule has 1 amide bonds. The summed E-state index contributed by atoms with van der Waals surface area (Å²) < 4.78 is 4.78. The van der Waals surface area contributed by atoms with E-state index >= 15 is 0 Å². The molecule has 1 rings (SSSR count). The molecule has 0 radical (unpaired) electrons. The quantitative estimate of drug-likeness (QED) is 0.645. The minimum atomic E-state index is -0.974. The van der Waals surface area contributed by atoms with E-state index in [-0.39, 0.29) is 18.1 Å². The van der Waals surface area contributed by atoms with Crippen LogP contribution in [0.2, 0.25) is 0 Å². The Morgan fingerprint density at radius 2 is 2.11 bits per heavy atom. The van der Waals surface area contributed by atoms with Crippen molar-refractivity contribution in [1.29, 1.82) is 0 Å². The SMILES string of the molecule is COCC(N)C(=O)NCCc1ccccc1C(=O)O. The molecule has 0 bridgehead atoms. The fraction of sp³-hybridized carbons (Fsp3) is 0.385. The van der Waals surface area contributed by atoms with E-state index in [0.29, 0.717) is 18.5 Å². The van der Waals surface area contributed by atoms with E-state index < -0.39 is 12.0 Å². The van der Waals surface area contributed by atoms with Gasteiger partial charge in [-0.25, -0.2) is 4.79 Å². The van der Waals surface area contributed by atoms with Gasteiger partial charge in [-0.15, -0.1) is 0 Å². The van der Waals surface area contributed by atoms with Gasteiger partial charge in [0.05, 0.1) is 12.2 Å². The van der Waals surface area contributed by atoms with Crippen molar-refractivity contribution in [3.05, 3.63) is 35.4 Å². The molecule has 0 aliphatic rings. The Hall–Kier alpha value is -1.92. The van der Waals surface area contributed by atoms with Crippen LogP contribution in [0.15, 0.2) is 24.3 Å². The highest BCUT2D eigenvalue weighted by atomic mass is 16.5. The Labute approximate surface area is 111 Å². The summed E-state index contributed by atoms with van der Waals surface area (Å²) in [7, 11) is 1.47. The van der Waals surface area contributed by atoms with E-state index in [4.69, 9.17) is 15.6 Å². The first kappa shape index (κ1) is 15.1. The van der Waals surface area contributed by atoms with Crippen molar-refractivity contribution >= 4 is 11.9 Å². The number of carboxylic acid groups (broad SMARTS) is 1. The standard InChI is InChI=1S/C13H18N2O4/c1-19-8-11(14)12(16)15-7-6-9-4-2-3-5-10(9)13(17)18/h2-5,11H,6-8,14H2,1H3,(H,15,16)(H,17,18). The number of carbonyl (C=O) groups is 2. The highest BCUT2D eigenvalue weighted by Gasteiger charge is 2.13. The maximum absolute atomic E-state index is 11.5. The summed E-state index contributed by atoms with van der Waals surface area (Å²) in [4.78, 5) is 22.5. The zero-order chi connectivity index (χ0) is 14.3. The summed E-state index contributed by atoms with van der Waals surface area (Å²) >= 11 is 0. The van der Waals surface area contributed by atoms with Gasteiger partial charge in [0.15, 0.2) is 0 Å². The van der Waals surface area contributed by atoms with Crippen LogP contribution in [0.5, 0.6) is 0 Å². The van der Waals surface area contributed by atoms with Gasteiger partial charge >= 0.3 is 5.97 Å². The topological polar surface area (TPSA) is 102 Å². The van der Waals surface area contributed by atoms with Crippen LogP contribution in [0.25, 0.3) is 0 Å². The number of aromatic carboxylic acids is 1. The Balaban J connectivity index is 2.50. The number of hydrogen-bond acceptors (Lipinski definition) is 4. The van der Waals surface area contributed by atoms with Crippen molar-refractivity contribution in [2.24, 2.45) is 5.73 Å². The molecule has 0 saturated carbocycles. The van der Waals surface area contributed by atoms with Gasteiger partial charge < -0.3 is 20.9 Å². The number of hydrogen-bond donors (Lipinski definition) is 3. The Morgan fingerprint density at radius 3 is 2.74 bits per heavy atom. The molecular formula is C13H18N2O4. The molecule has 1 unspecified atom stereocenters. The number of nitrogens with one attached hydrogen (secondary N) is 1. The number of carboxylic acids is 1. The Kier molecular flexibility index (Phi) is 5.98. The van der Waals surface area contributed by atoms with Gasteiger partial charge in [0, 0.05) is 13.7 Å². The second kappa shape index (κ2) is 7.50. The summed E-state index contributed by atoms with van der Waals surface area (Å²) in [6.45, 7) is 0.484. The van der Waals surface area contributed by atoms with Crippen molar-refractivity contribution in [2.45, 2.75) is 12.5 Å². The first-order valence-electron chi connectivity index (χ1n) is 5.89. The molecule has 0 fully saturated rings. The molecule has 0 aromatic heterocycles. The maximum Gasteiger partial charge on any atom is 0.335 e. The van der Waals surface area contributed by atoms with Crippen LogP contribution in [0.4, 0.5) is 0 Å². The fourth-order valence-electron chi connectivity index (χ4n) is 1.65. The lowest BCUT2D eigenvalue weighted by atomic mass is 10.0. The van der Waals surface area contributed by atoms with Crippen LogP contribution >= 0.6 is 0 Å². The number of methoxy groups -OCH3 is 1. The molecule has 1 aromatic rings. The predicted octanol–water partition coefficient (Wildman–Crippen LogP) is 0.0172. The molecular weight excluding hydrogens is 248 g/mol. The van der Waals surface area contributed by atoms with Crippen molar-refractivity contribution in [3.8, 4) is 0 Å². The van der Waals surface area contributed by atoms with Gasteiger partial charge in [0.2, 0.25) is 5.91 Å². The van der Waals surface area contributed by atoms with Gasteiger partial charge in [-0.1, -0.05) is 18.2 Å². The molecule has 104 valence electrons. The molecule has 6 nitrogen and oxygen atoms in total. The highest BCUT2D eigenvalue weighted by Crippen LogP contribution is 2.08. The molecule has 4 N–H and O–H groups in total.